The summed E-state index contributed by atoms with van der Waals surface area (Å²) in [6.07, 6.45) is 9.92. The van der Waals surface area contributed by atoms with Gasteiger partial charge in [-0.15, -0.1) is 0 Å². The highest BCUT2D eigenvalue weighted by atomic mass is 16.5. The van der Waals surface area contributed by atoms with Crippen molar-refractivity contribution in [3.05, 3.63) is 59.2 Å². The average Bonchev–Trinajstić information content (AvgIpc) is 3.21. The molecule has 1 atom stereocenters. The first-order valence-corrected chi connectivity index (χ1v) is 11.9. The van der Waals surface area contributed by atoms with E-state index in [0.29, 0.717) is 17.8 Å². The van der Waals surface area contributed by atoms with Gasteiger partial charge in [0.1, 0.15) is 0 Å². The number of hydrogen-bond donors (Lipinski definition) is 1. The number of benzene rings is 1. The summed E-state index contributed by atoms with van der Waals surface area (Å²) in [4.78, 5) is 24.8. The first-order valence-electron chi connectivity index (χ1n) is 11.9. The van der Waals surface area contributed by atoms with Gasteiger partial charge in [-0.2, -0.15) is 0 Å². The largest absolute Gasteiger partial charge is 0.759 e. The number of aryl methyl sites for hydroxylation is 1. The molecule has 0 saturated carbocycles. The Morgan fingerprint density at radius 2 is 1.88 bits per heavy atom. The number of nitrogens with zero attached hydrogens (tertiary/aromatic N) is 5. The first-order chi connectivity index (χ1) is 16.1. The van der Waals surface area contributed by atoms with Crippen molar-refractivity contribution in [2.45, 2.75) is 31.6 Å². The minimum atomic E-state index is -0.705. The molecule has 4 heterocycles. The number of rotatable bonds is 5. The van der Waals surface area contributed by atoms with Crippen LogP contribution in [0.15, 0.2) is 42.9 Å². The number of aromatic nitrogens is 3. The van der Waals surface area contributed by atoms with Crippen LogP contribution < -0.4 is 10.4 Å². The van der Waals surface area contributed by atoms with Gasteiger partial charge in [-0.05, 0) is 55.7 Å². The molecule has 8 heteroatoms. The van der Waals surface area contributed by atoms with Gasteiger partial charge in [-0.1, -0.05) is 18.2 Å². The maximum absolute atomic E-state index is 11.4. The standard InChI is InChI=1S/C25H31N6O2/c1-29-17-22(21-6-2-3-7-23(21)29)19-5-4-10-30(16-19)15-18-8-11-31(12-9-18)25-26-13-20(14-27-25)24(32)28-33/h2-3,6-7,13-14,17-19H,4-5,8-12,15-16H2,1H3,(H-,28,32,33)/q-1. The van der Waals surface area contributed by atoms with E-state index in [0.717, 1.165) is 39.0 Å². The first kappa shape index (κ1) is 21.9. The van der Waals surface area contributed by atoms with E-state index in [9.17, 15) is 10.0 Å². The van der Waals surface area contributed by atoms with Crippen LogP contribution in [0, 0.1) is 11.1 Å². The molecule has 2 aliphatic heterocycles. The van der Waals surface area contributed by atoms with Gasteiger partial charge < -0.3 is 25.1 Å². The van der Waals surface area contributed by atoms with Crippen LogP contribution >= 0.6 is 0 Å². The Kier molecular flexibility index (Phi) is 6.28. The second-order valence-electron chi connectivity index (χ2n) is 9.44. The zero-order valence-corrected chi connectivity index (χ0v) is 19.1. The predicted octanol–water partition coefficient (Wildman–Crippen LogP) is 3.29. The highest BCUT2D eigenvalue weighted by Gasteiger charge is 2.28. The van der Waals surface area contributed by atoms with E-state index in [-0.39, 0.29) is 5.56 Å². The van der Waals surface area contributed by atoms with Crippen LogP contribution in [0.5, 0.6) is 0 Å². The molecule has 1 unspecified atom stereocenters. The Bertz CT molecular complexity index is 1100. The Labute approximate surface area is 194 Å². The molecule has 174 valence electrons. The summed E-state index contributed by atoms with van der Waals surface area (Å²) in [5, 5.41) is 11.9. The molecular formula is C25H31N6O2-. The fraction of sp³-hybridized carbons (Fsp3) is 0.480. The molecule has 3 aromatic rings. The van der Waals surface area contributed by atoms with Crippen LogP contribution in [0.3, 0.4) is 0 Å². The van der Waals surface area contributed by atoms with Gasteiger partial charge in [0, 0.05) is 62.7 Å². The number of para-hydroxylation sites is 1. The van der Waals surface area contributed by atoms with Crippen LogP contribution in [-0.4, -0.2) is 58.1 Å². The molecule has 0 bridgehead atoms. The van der Waals surface area contributed by atoms with Gasteiger partial charge in [0.15, 0.2) is 0 Å². The fourth-order valence-corrected chi connectivity index (χ4v) is 5.51. The summed E-state index contributed by atoms with van der Waals surface area (Å²) < 4.78 is 2.26. The summed E-state index contributed by atoms with van der Waals surface area (Å²) >= 11 is 0. The zero-order chi connectivity index (χ0) is 22.8. The SMILES string of the molecule is Cn1cc(C2CCCN(CC3CCN(c4ncc(C(=O)N[O-])cn4)CC3)C2)c2ccccc21. The lowest BCUT2D eigenvalue weighted by Crippen LogP contribution is -2.42. The number of anilines is 1. The highest BCUT2D eigenvalue weighted by Crippen LogP contribution is 2.34. The van der Waals surface area contributed by atoms with Crippen molar-refractivity contribution in [1.29, 1.82) is 0 Å². The molecule has 0 aliphatic carbocycles. The molecule has 5 rings (SSSR count). The van der Waals surface area contributed by atoms with Crippen LogP contribution in [0.1, 0.15) is 47.5 Å². The zero-order valence-electron chi connectivity index (χ0n) is 19.1. The fourth-order valence-electron chi connectivity index (χ4n) is 5.51. The number of hydrogen-bond acceptors (Lipinski definition) is 6. The number of fused-ring (bicyclic) bond motifs is 1. The quantitative estimate of drug-likeness (QED) is 0.604. The summed E-state index contributed by atoms with van der Waals surface area (Å²) in [7, 11) is 2.15. The van der Waals surface area contributed by atoms with Crippen molar-refractivity contribution in [3.8, 4) is 0 Å². The molecule has 2 aliphatic rings. The van der Waals surface area contributed by atoms with Gasteiger partial charge in [0.05, 0.1) is 5.56 Å². The summed E-state index contributed by atoms with van der Waals surface area (Å²) in [5.41, 5.74) is 4.37. The third-order valence-electron chi connectivity index (χ3n) is 7.28. The maximum Gasteiger partial charge on any atom is 0.243 e. The van der Waals surface area contributed by atoms with Crippen LogP contribution in [0.4, 0.5) is 5.95 Å². The molecular weight excluding hydrogens is 416 g/mol. The van der Waals surface area contributed by atoms with Gasteiger partial charge >= 0.3 is 0 Å². The lowest BCUT2D eigenvalue weighted by molar-refractivity contribution is 0.0969. The molecule has 1 N–H and O–H groups in total. The Morgan fingerprint density at radius 1 is 1.12 bits per heavy atom. The monoisotopic (exact) mass is 447 g/mol. The lowest BCUT2D eigenvalue weighted by Gasteiger charge is -2.38. The summed E-state index contributed by atoms with van der Waals surface area (Å²) in [6.45, 7) is 5.31. The number of nitrogens with one attached hydrogen (secondary N) is 1. The molecule has 2 saturated heterocycles. The molecule has 2 aromatic heterocycles. The van der Waals surface area contributed by atoms with Crippen molar-refractivity contribution >= 4 is 22.8 Å². The predicted molar refractivity (Wildman–Crippen MR) is 129 cm³/mol. The maximum atomic E-state index is 11.4. The van der Waals surface area contributed by atoms with Crippen molar-refractivity contribution in [2.24, 2.45) is 13.0 Å². The van der Waals surface area contributed by atoms with Gasteiger partial charge in [-0.3, -0.25) is 4.79 Å². The van der Waals surface area contributed by atoms with E-state index < -0.39 is 5.91 Å². The molecule has 1 aromatic carbocycles. The molecule has 8 nitrogen and oxygen atoms in total. The number of carbonyl (C=O) groups excluding carboxylic acids is 1. The number of piperidine rings is 2. The van der Waals surface area contributed by atoms with Crippen LogP contribution in [0.25, 0.3) is 10.9 Å². The van der Waals surface area contributed by atoms with Gasteiger partial charge in [0.25, 0.3) is 0 Å². The van der Waals surface area contributed by atoms with Crippen LogP contribution in [0.2, 0.25) is 0 Å². The normalized spacial score (nSPS) is 20.3. The number of carbonyl (C=O) groups is 1. The topological polar surface area (TPSA) is 89.4 Å². The molecule has 1 amide bonds. The van der Waals surface area contributed by atoms with E-state index in [2.05, 4.69) is 61.8 Å². The number of amides is 1. The minimum absolute atomic E-state index is 0.189. The van der Waals surface area contributed by atoms with Crippen molar-refractivity contribution in [2.75, 3.05) is 37.6 Å². The third-order valence-corrected chi connectivity index (χ3v) is 7.28. The smallest absolute Gasteiger partial charge is 0.243 e. The van der Waals surface area contributed by atoms with Gasteiger partial charge in [0.2, 0.25) is 11.9 Å². The molecule has 0 radical (unpaired) electrons. The number of likely N-dealkylation sites (tertiary alicyclic amines) is 1. The minimum Gasteiger partial charge on any atom is -0.759 e. The molecule has 0 spiro atoms. The van der Waals surface area contributed by atoms with E-state index in [1.165, 1.54) is 53.7 Å². The highest BCUT2D eigenvalue weighted by molar-refractivity contribution is 5.93. The average molecular weight is 448 g/mol. The van der Waals surface area contributed by atoms with Crippen molar-refractivity contribution in [3.63, 3.8) is 0 Å². The second kappa shape index (κ2) is 9.49. The van der Waals surface area contributed by atoms with Crippen molar-refractivity contribution < 1.29 is 4.79 Å². The van der Waals surface area contributed by atoms with Gasteiger partial charge in [-0.25, -0.2) is 9.97 Å². The molecule has 33 heavy (non-hydrogen) atoms. The summed E-state index contributed by atoms with van der Waals surface area (Å²) in [5.74, 6) is 1.20. The van der Waals surface area contributed by atoms with Crippen LogP contribution in [-0.2, 0) is 7.05 Å². The van der Waals surface area contributed by atoms with Crippen molar-refractivity contribution in [1.82, 2.24) is 24.9 Å². The van der Waals surface area contributed by atoms with E-state index in [1.54, 1.807) is 0 Å². The Balaban J connectivity index is 1.17. The molecule has 2 fully saturated rings. The Hall–Kier alpha value is -2.97. The lowest BCUT2D eigenvalue weighted by atomic mass is 9.89. The second-order valence-corrected chi connectivity index (χ2v) is 9.44. The summed E-state index contributed by atoms with van der Waals surface area (Å²) in [6, 6.07) is 8.74. The number of hydroxylamine groups is 1. The van der Waals surface area contributed by atoms with E-state index >= 15 is 0 Å². The third kappa shape index (κ3) is 4.58. The van der Waals surface area contributed by atoms with E-state index in [4.69, 9.17) is 0 Å². The van der Waals surface area contributed by atoms with E-state index in [1.807, 2.05) is 0 Å². The Morgan fingerprint density at radius 3 is 2.64 bits per heavy atom.